The maximum absolute atomic E-state index is 5.94. The number of aromatic nitrogens is 4. The van der Waals surface area contributed by atoms with Gasteiger partial charge in [0.1, 0.15) is 11.6 Å². The Kier molecular flexibility index (Phi) is 5.77. The number of hydrogen-bond acceptors (Lipinski definition) is 6. The summed E-state index contributed by atoms with van der Waals surface area (Å²) in [6, 6.07) is 8.22. The predicted molar refractivity (Wildman–Crippen MR) is 90.0 cm³/mol. The largest absolute Gasteiger partial charge is 0.497 e. The van der Waals surface area contributed by atoms with E-state index in [1.807, 2.05) is 23.7 Å². The van der Waals surface area contributed by atoms with E-state index in [4.69, 9.17) is 9.47 Å². The van der Waals surface area contributed by atoms with Crippen molar-refractivity contribution in [1.29, 1.82) is 0 Å². The van der Waals surface area contributed by atoms with Gasteiger partial charge in [-0.15, -0.1) is 5.10 Å². The van der Waals surface area contributed by atoms with Crippen LogP contribution in [0.2, 0.25) is 0 Å². The molecule has 1 aromatic carbocycles. The van der Waals surface area contributed by atoms with E-state index in [2.05, 4.69) is 32.6 Å². The van der Waals surface area contributed by atoms with Crippen molar-refractivity contribution in [3.8, 4) is 5.75 Å². The first-order chi connectivity index (χ1) is 11.7. The Morgan fingerprint density at radius 2 is 2.25 bits per heavy atom. The zero-order chi connectivity index (χ0) is 16.8. The van der Waals surface area contributed by atoms with Crippen molar-refractivity contribution >= 4 is 0 Å². The molecule has 24 heavy (non-hydrogen) atoms. The Balaban J connectivity index is 1.46. The number of methoxy groups -OCH3 is 1. The molecule has 1 atom stereocenters. The fourth-order valence-electron chi connectivity index (χ4n) is 3.07. The maximum atomic E-state index is 5.94. The van der Waals surface area contributed by atoms with Crippen molar-refractivity contribution in [2.75, 3.05) is 33.4 Å². The van der Waals surface area contributed by atoms with Gasteiger partial charge in [0, 0.05) is 32.6 Å². The van der Waals surface area contributed by atoms with Gasteiger partial charge in [-0.2, -0.15) is 0 Å². The van der Waals surface area contributed by atoms with E-state index in [1.54, 1.807) is 7.11 Å². The second kappa shape index (κ2) is 8.21. The van der Waals surface area contributed by atoms with Crippen molar-refractivity contribution in [1.82, 2.24) is 25.1 Å². The highest BCUT2D eigenvalue weighted by atomic mass is 16.5. The molecule has 0 bridgehead atoms. The lowest BCUT2D eigenvalue weighted by atomic mass is 10.1. The van der Waals surface area contributed by atoms with Gasteiger partial charge in [-0.25, -0.2) is 4.68 Å². The standard InChI is InChI=1S/C17H25N5O2/c1-14-18-19-20-22(14)8-4-7-21-9-10-24-17(13-21)12-15-5-3-6-16(11-15)23-2/h3,5-6,11,17H,4,7-10,12-13H2,1-2H3/t17-/m0/s1. The van der Waals surface area contributed by atoms with Crippen LogP contribution in [0.4, 0.5) is 0 Å². The Hall–Kier alpha value is -1.99. The Morgan fingerprint density at radius 3 is 3.04 bits per heavy atom. The molecule has 0 aliphatic carbocycles. The summed E-state index contributed by atoms with van der Waals surface area (Å²) in [4.78, 5) is 2.47. The zero-order valence-electron chi connectivity index (χ0n) is 14.4. The maximum Gasteiger partial charge on any atom is 0.148 e. The summed E-state index contributed by atoms with van der Waals surface area (Å²) >= 11 is 0. The molecule has 0 radical (unpaired) electrons. The smallest absolute Gasteiger partial charge is 0.148 e. The van der Waals surface area contributed by atoms with E-state index in [0.29, 0.717) is 0 Å². The summed E-state index contributed by atoms with van der Waals surface area (Å²) in [5.41, 5.74) is 1.26. The minimum atomic E-state index is 0.237. The molecule has 1 aromatic heterocycles. The van der Waals surface area contributed by atoms with Gasteiger partial charge < -0.3 is 9.47 Å². The Labute approximate surface area is 142 Å². The first kappa shape index (κ1) is 16.9. The van der Waals surface area contributed by atoms with Crippen LogP contribution in [0.5, 0.6) is 5.75 Å². The SMILES string of the molecule is COc1cccc(C[C@H]2CN(CCCn3nnnc3C)CCO2)c1. The number of nitrogens with zero attached hydrogens (tertiary/aromatic N) is 5. The predicted octanol–water partition coefficient (Wildman–Crippen LogP) is 1.32. The highest BCUT2D eigenvalue weighted by Gasteiger charge is 2.20. The Morgan fingerprint density at radius 1 is 1.33 bits per heavy atom. The summed E-state index contributed by atoms with van der Waals surface area (Å²) in [7, 11) is 1.70. The lowest BCUT2D eigenvalue weighted by Gasteiger charge is -2.33. The van der Waals surface area contributed by atoms with Gasteiger partial charge in [-0.05, 0) is 41.5 Å². The number of ether oxygens (including phenoxy) is 2. The molecule has 1 saturated heterocycles. The summed E-state index contributed by atoms with van der Waals surface area (Å²) in [6.45, 7) is 6.57. The number of benzene rings is 1. The first-order valence-electron chi connectivity index (χ1n) is 8.44. The van der Waals surface area contributed by atoms with Crippen LogP contribution in [-0.2, 0) is 17.7 Å². The number of rotatable bonds is 7. The van der Waals surface area contributed by atoms with Crippen LogP contribution in [0.25, 0.3) is 0 Å². The van der Waals surface area contributed by atoms with Crippen LogP contribution in [-0.4, -0.2) is 64.6 Å². The van der Waals surface area contributed by atoms with E-state index in [9.17, 15) is 0 Å². The fourth-order valence-corrected chi connectivity index (χ4v) is 3.07. The lowest BCUT2D eigenvalue weighted by Crippen LogP contribution is -2.43. The third-order valence-electron chi connectivity index (χ3n) is 4.38. The average Bonchev–Trinajstić information content (AvgIpc) is 3.01. The van der Waals surface area contributed by atoms with Crippen molar-refractivity contribution in [3.05, 3.63) is 35.7 Å². The molecule has 1 aliphatic rings. The zero-order valence-corrected chi connectivity index (χ0v) is 14.4. The van der Waals surface area contributed by atoms with Crippen LogP contribution < -0.4 is 4.74 Å². The number of morpholine rings is 1. The molecule has 7 heteroatoms. The second-order valence-electron chi connectivity index (χ2n) is 6.15. The molecule has 7 nitrogen and oxygen atoms in total. The normalized spacial score (nSPS) is 18.7. The molecule has 0 spiro atoms. The molecule has 0 unspecified atom stereocenters. The van der Waals surface area contributed by atoms with Crippen LogP contribution in [0.3, 0.4) is 0 Å². The van der Waals surface area contributed by atoms with Crippen molar-refractivity contribution in [2.45, 2.75) is 32.4 Å². The number of aryl methyl sites for hydroxylation is 2. The second-order valence-corrected chi connectivity index (χ2v) is 6.15. The average molecular weight is 331 g/mol. The molecule has 1 fully saturated rings. The molecule has 1 aliphatic heterocycles. The molecule has 3 rings (SSSR count). The van der Waals surface area contributed by atoms with Crippen LogP contribution in [0.15, 0.2) is 24.3 Å². The summed E-state index contributed by atoms with van der Waals surface area (Å²) in [5.74, 6) is 1.77. The molecule has 0 amide bonds. The van der Waals surface area contributed by atoms with Gasteiger partial charge in [0.15, 0.2) is 0 Å². The van der Waals surface area contributed by atoms with E-state index in [1.165, 1.54) is 5.56 Å². The molecule has 2 aromatic rings. The molecular formula is C17H25N5O2. The lowest BCUT2D eigenvalue weighted by molar-refractivity contribution is -0.0281. The van der Waals surface area contributed by atoms with Crippen molar-refractivity contribution in [2.24, 2.45) is 0 Å². The number of hydrogen-bond donors (Lipinski definition) is 0. The van der Waals surface area contributed by atoms with Crippen LogP contribution in [0.1, 0.15) is 17.8 Å². The van der Waals surface area contributed by atoms with Gasteiger partial charge >= 0.3 is 0 Å². The van der Waals surface area contributed by atoms with E-state index in [0.717, 1.165) is 57.2 Å². The first-order valence-corrected chi connectivity index (χ1v) is 8.44. The number of tetrazole rings is 1. The highest BCUT2D eigenvalue weighted by molar-refractivity contribution is 5.28. The van der Waals surface area contributed by atoms with Crippen LogP contribution in [0, 0.1) is 6.92 Å². The van der Waals surface area contributed by atoms with Gasteiger partial charge in [0.05, 0.1) is 19.8 Å². The van der Waals surface area contributed by atoms with E-state index in [-0.39, 0.29) is 6.10 Å². The van der Waals surface area contributed by atoms with Crippen molar-refractivity contribution in [3.63, 3.8) is 0 Å². The fraction of sp³-hybridized carbons (Fsp3) is 0.588. The van der Waals surface area contributed by atoms with Crippen LogP contribution >= 0.6 is 0 Å². The summed E-state index contributed by atoms with van der Waals surface area (Å²) in [5, 5.41) is 11.6. The Bertz CT molecular complexity index is 645. The third kappa shape index (κ3) is 4.52. The van der Waals surface area contributed by atoms with Crippen molar-refractivity contribution < 1.29 is 9.47 Å². The minimum Gasteiger partial charge on any atom is -0.497 e. The topological polar surface area (TPSA) is 65.3 Å². The molecule has 2 heterocycles. The van der Waals surface area contributed by atoms with E-state index < -0.39 is 0 Å². The third-order valence-corrected chi connectivity index (χ3v) is 4.38. The van der Waals surface area contributed by atoms with Gasteiger partial charge in [-0.3, -0.25) is 4.90 Å². The molecule has 130 valence electrons. The summed E-state index contributed by atoms with van der Waals surface area (Å²) < 4.78 is 13.1. The monoisotopic (exact) mass is 331 g/mol. The quantitative estimate of drug-likeness (QED) is 0.762. The molecular weight excluding hydrogens is 306 g/mol. The van der Waals surface area contributed by atoms with Gasteiger partial charge in [0.25, 0.3) is 0 Å². The highest BCUT2D eigenvalue weighted by Crippen LogP contribution is 2.17. The van der Waals surface area contributed by atoms with Gasteiger partial charge in [-0.1, -0.05) is 12.1 Å². The summed E-state index contributed by atoms with van der Waals surface area (Å²) in [6.07, 6.45) is 2.19. The van der Waals surface area contributed by atoms with Gasteiger partial charge in [0.2, 0.25) is 0 Å². The molecule has 0 saturated carbocycles. The molecule has 0 N–H and O–H groups in total. The minimum absolute atomic E-state index is 0.237. The van der Waals surface area contributed by atoms with E-state index >= 15 is 0 Å².